The van der Waals surface area contributed by atoms with E-state index in [2.05, 4.69) is 10.3 Å². The second kappa shape index (κ2) is 6.05. The number of hydrogen-bond donors (Lipinski definition) is 1. The molecule has 0 saturated heterocycles. The number of nitrogens with one attached hydrogen (secondary N) is 1. The number of benzene rings is 2. The van der Waals surface area contributed by atoms with Gasteiger partial charge in [0.1, 0.15) is 5.52 Å². The van der Waals surface area contributed by atoms with Crippen LogP contribution in [0.5, 0.6) is 0 Å². The number of amides is 1. The molecule has 5 heteroatoms. The Morgan fingerprint density at radius 1 is 1.22 bits per heavy atom. The number of hydrogen-bond acceptors (Lipinski definition) is 3. The average molecular weight is 329 g/mol. The van der Waals surface area contributed by atoms with Gasteiger partial charge >= 0.3 is 0 Å². The first kappa shape index (κ1) is 15.6. The molecule has 0 fully saturated rings. The molecule has 0 radical (unpaired) electrons. The van der Waals surface area contributed by atoms with Crippen molar-refractivity contribution in [1.82, 2.24) is 4.98 Å². The van der Waals surface area contributed by atoms with Crippen LogP contribution in [0.4, 0.5) is 5.69 Å². The topological polar surface area (TPSA) is 55.1 Å². The van der Waals surface area contributed by atoms with Gasteiger partial charge < -0.3 is 9.73 Å². The fourth-order valence-electron chi connectivity index (χ4n) is 2.21. The number of aryl methyl sites for hydroxylation is 1. The number of aromatic nitrogens is 1. The third kappa shape index (κ3) is 3.22. The SMILES string of the molecule is Cc1ccc2oc(-c3ccc(NC(=O)C(C)C)cc3Cl)nc2c1. The van der Waals surface area contributed by atoms with Crippen LogP contribution >= 0.6 is 11.6 Å². The van der Waals surface area contributed by atoms with Crippen LogP contribution in [0, 0.1) is 12.8 Å². The van der Waals surface area contributed by atoms with Gasteiger partial charge in [0.05, 0.1) is 10.6 Å². The van der Waals surface area contributed by atoms with E-state index in [1.54, 1.807) is 18.2 Å². The first-order chi connectivity index (χ1) is 10.9. The summed E-state index contributed by atoms with van der Waals surface area (Å²) in [6, 6.07) is 11.1. The molecule has 4 nitrogen and oxygen atoms in total. The number of oxazole rings is 1. The van der Waals surface area contributed by atoms with Gasteiger partial charge in [-0.2, -0.15) is 0 Å². The van der Waals surface area contributed by atoms with Crippen molar-refractivity contribution >= 4 is 34.3 Å². The molecule has 3 rings (SSSR count). The number of halogens is 1. The van der Waals surface area contributed by atoms with Gasteiger partial charge in [-0.1, -0.05) is 31.5 Å². The van der Waals surface area contributed by atoms with E-state index < -0.39 is 0 Å². The maximum Gasteiger partial charge on any atom is 0.228 e. The fourth-order valence-corrected chi connectivity index (χ4v) is 2.47. The number of rotatable bonds is 3. The Morgan fingerprint density at radius 3 is 2.70 bits per heavy atom. The fraction of sp³-hybridized carbons (Fsp3) is 0.222. The lowest BCUT2D eigenvalue weighted by atomic mass is 10.1. The Bertz CT molecular complexity index is 884. The summed E-state index contributed by atoms with van der Waals surface area (Å²) in [6.45, 7) is 5.68. The highest BCUT2D eigenvalue weighted by atomic mass is 35.5. The van der Waals surface area contributed by atoms with E-state index in [4.69, 9.17) is 16.0 Å². The van der Waals surface area contributed by atoms with Gasteiger partial charge in [0.2, 0.25) is 11.8 Å². The molecule has 0 spiro atoms. The second-order valence-electron chi connectivity index (χ2n) is 5.83. The average Bonchev–Trinajstić information content (AvgIpc) is 2.89. The summed E-state index contributed by atoms with van der Waals surface area (Å²) >= 11 is 6.33. The van der Waals surface area contributed by atoms with Gasteiger partial charge in [0.25, 0.3) is 0 Å². The van der Waals surface area contributed by atoms with E-state index in [-0.39, 0.29) is 11.8 Å². The molecule has 0 bridgehead atoms. The largest absolute Gasteiger partial charge is 0.436 e. The number of carbonyl (C=O) groups is 1. The van der Waals surface area contributed by atoms with E-state index in [0.717, 1.165) is 16.7 Å². The molecular formula is C18H17ClN2O2. The quantitative estimate of drug-likeness (QED) is 0.731. The monoisotopic (exact) mass is 328 g/mol. The lowest BCUT2D eigenvalue weighted by Gasteiger charge is -2.09. The minimum absolute atomic E-state index is 0.0499. The molecule has 0 atom stereocenters. The van der Waals surface area contributed by atoms with Gasteiger partial charge in [-0.05, 0) is 42.8 Å². The highest BCUT2D eigenvalue weighted by molar-refractivity contribution is 6.33. The van der Waals surface area contributed by atoms with Crippen LogP contribution in [-0.2, 0) is 4.79 Å². The van der Waals surface area contributed by atoms with Gasteiger partial charge in [0.15, 0.2) is 5.58 Å². The molecule has 0 aliphatic carbocycles. The highest BCUT2D eigenvalue weighted by Crippen LogP contribution is 2.32. The van der Waals surface area contributed by atoms with Crippen molar-refractivity contribution in [3.8, 4) is 11.5 Å². The second-order valence-corrected chi connectivity index (χ2v) is 6.24. The molecule has 0 unspecified atom stereocenters. The predicted octanol–water partition coefficient (Wildman–Crippen LogP) is 5.05. The summed E-state index contributed by atoms with van der Waals surface area (Å²) in [5.41, 5.74) is 4.00. The molecule has 118 valence electrons. The Morgan fingerprint density at radius 2 is 2.00 bits per heavy atom. The van der Waals surface area contributed by atoms with Gasteiger partial charge in [0, 0.05) is 11.6 Å². The Balaban J connectivity index is 1.94. The molecule has 3 aromatic rings. The molecule has 0 aliphatic rings. The summed E-state index contributed by atoms with van der Waals surface area (Å²) in [5.74, 6) is 0.331. The zero-order valence-electron chi connectivity index (χ0n) is 13.2. The van der Waals surface area contributed by atoms with Crippen LogP contribution in [0.2, 0.25) is 5.02 Å². The van der Waals surface area contributed by atoms with Crippen molar-refractivity contribution < 1.29 is 9.21 Å². The molecule has 1 N–H and O–H groups in total. The third-order valence-corrected chi connectivity index (χ3v) is 3.85. The van der Waals surface area contributed by atoms with Crippen molar-refractivity contribution in [1.29, 1.82) is 0 Å². The van der Waals surface area contributed by atoms with Crippen LogP contribution in [0.1, 0.15) is 19.4 Å². The molecule has 23 heavy (non-hydrogen) atoms. The van der Waals surface area contributed by atoms with Crippen LogP contribution in [-0.4, -0.2) is 10.9 Å². The molecule has 2 aromatic carbocycles. The molecule has 1 heterocycles. The smallest absolute Gasteiger partial charge is 0.228 e. The maximum atomic E-state index is 11.7. The molecular weight excluding hydrogens is 312 g/mol. The first-order valence-corrected chi connectivity index (χ1v) is 7.80. The minimum Gasteiger partial charge on any atom is -0.436 e. The van der Waals surface area contributed by atoms with E-state index in [0.29, 0.717) is 22.2 Å². The van der Waals surface area contributed by atoms with Crippen LogP contribution in [0.25, 0.3) is 22.6 Å². The normalized spacial score (nSPS) is 11.2. The van der Waals surface area contributed by atoms with E-state index in [1.165, 1.54) is 0 Å². The van der Waals surface area contributed by atoms with Crippen LogP contribution < -0.4 is 5.32 Å². The van der Waals surface area contributed by atoms with Crippen molar-refractivity contribution in [3.63, 3.8) is 0 Å². The highest BCUT2D eigenvalue weighted by Gasteiger charge is 2.13. The van der Waals surface area contributed by atoms with E-state index >= 15 is 0 Å². The standard InChI is InChI=1S/C18H17ClN2O2/c1-10(2)17(22)20-12-5-6-13(14(19)9-12)18-21-15-8-11(3)4-7-16(15)23-18/h4-10H,1-3H3,(H,20,22). The van der Waals surface area contributed by atoms with Crippen LogP contribution in [0.15, 0.2) is 40.8 Å². The summed E-state index contributed by atoms with van der Waals surface area (Å²) in [5, 5.41) is 3.30. The van der Waals surface area contributed by atoms with Crippen molar-refractivity contribution in [3.05, 3.63) is 47.0 Å². The van der Waals surface area contributed by atoms with Gasteiger partial charge in [-0.15, -0.1) is 0 Å². The van der Waals surface area contributed by atoms with Crippen molar-refractivity contribution in [2.75, 3.05) is 5.32 Å². The molecule has 1 amide bonds. The zero-order chi connectivity index (χ0) is 16.6. The summed E-state index contributed by atoms with van der Waals surface area (Å²) in [4.78, 5) is 16.2. The number of carbonyl (C=O) groups excluding carboxylic acids is 1. The van der Waals surface area contributed by atoms with Gasteiger partial charge in [-0.3, -0.25) is 4.79 Å². The first-order valence-electron chi connectivity index (χ1n) is 7.42. The van der Waals surface area contributed by atoms with Crippen molar-refractivity contribution in [2.24, 2.45) is 5.92 Å². The third-order valence-electron chi connectivity index (χ3n) is 3.53. The molecule has 1 aromatic heterocycles. The Kier molecular flexibility index (Phi) is 4.09. The van der Waals surface area contributed by atoms with Crippen molar-refractivity contribution in [2.45, 2.75) is 20.8 Å². The summed E-state index contributed by atoms with van der Waals surface area (Å²) in [6.07, 6.45) is 0. The minimum atomic E-state index is -0.0891. The summed E-state index contributed by atoms with van der Waals surface area (Å²) in [7, 11) is 0. The van der Waals surface area contributed by atoms with E-state index in [9.17, 15) is 4.79 Å². The number of fused-ring (bicyclic) bond motifs is 1. The zero-order valence-corrected chi connectivity index (χ0v) is 13.9. The Hall–Kier alpha value is -2.33. The lowest BCUT2D eigenvalue weighted by Crippen LogP contribution is -2.17. The summed E-state index contributed by atoms with van der Waals surface area (Å²) < 4.78 is 5.77. The predicted molar refractivity (Wildman–Crippen MR) is 92.7 cm³/mol. The lowest BCUT2D eigenvalue weighted by molar-refractivity contribution is -0.118. The van der Waals surface area contributed by atoms with Crippen LogP contribution in [0.3, 0.4) is 0 Å². The number of nitrogens with zero attached hydrogens (tertiary/aromatic N) is 1. The number of anilines is 1. The molecule has 0 aliphatic heterocycles. The Labute approximate surface area is 139 Å². The maximum absolute atomic E-state index is 11.7. The van der Waals surface area contributed by atoms with Gasteiger partial charge in [-0.25, -0.2) is 4.98 Å². The molecule has 0 saturated carbocycles. The van der Waals surface area contributed by atoms with E-state index in [1.807, 2.05) is 39.0 Å².